The molecule has 21 heavy (non-hydrogen) atoms. The van der Waals surface area contributed by atoms with Crippen molar-refractivity contribution in [1.29, 1.82) is 0 Å². The molecule has 3 nitrogen and oxygen atoms in total. The van der Waals surface area contributed by atoms with Gasteiger partial charge in [-0.3, -0.25) is 0 Å². The lowest BCUT2D eigenvalue weighted by Gasteiger charge is -2.33. The molecule has 2 amide bonds. The second kappa shape index (κ2) is 5.70. The van der Waals surface area contributed by atoms with Crippen LogP contribution in [-0.4, -0.2) is 17.5 Å². The molecule has 0 fully saturated rings. The van der Waals surface area contributed by atoms with Crippen molar-refractivity contribution >= 4 is 34.7 Å². The minimum absolute atomic E-state index is 0.0701. The summed E-state index contributed by atoms with van der Waals surface area (Å²) >= 11 is 7.88. The lowest BCUT2D eigenvalue weighted by atomic mass is 10.0. The summed E-state index contributed by atoms with van der Waals surface area (Å²) in [6.45, 7) is 4.77. The van der Waals surface area contributed by atoms with Crippen molar-refractivity contribution in [1.82, 2.24) is 4.90 Å². The second-order valence-electron chi connectivity index (χ2n) is 5.31. The maximum Gasteiger partial charge on any atom is 0.322 e. The molecule has 0 spiro atoms. The van der Waals surface area contributed by atoms with Crippen LogP contribution in [0.15, 0.2) is 29.6 Å². The minimum Gasteiger partial charge on any atom is -0.317 e. The van der Waals surface area contributed by atoms with Crippen molar-refractivity contribution in [2.45, 2.75) is 26.3 Å². The van der Waals surface area contributed by atoms with E-state index in [4.69, 9.17) is 11.6 Å². The fourth-order valence-corrected chi connectivity index (χ4v) is 3.80. The molecule has 0 radical (unpaired) electrons. The fraction of sp³-hybridized carbons (Fsp3) is 0.312. The van der Waals surface area contributed by atoms with E-state index >= 15 is 0 Å². The number of hydrogen-bond donors (Lipinski definition) is 1. The molecular formula is C16H17ClN2OS. The predicted molar refractivity (Wildman–Crippen MR) is 88.4 cm³/mol. The van der Waals surface area contributed by atoms with Gasteiger partial charge in [-0.05, 0) is 55.0 Å². The van der Waals surface area contributed by atoms with Gasteiger partial charge >= 0.3 is 6.03 Å². The summed E-state index contributed by atoms with van der Waals surface area (Å²) in [4.78, 5) is 15.8. The smallest absolute Gasteiger partial charge is 0.317 e. The summed E-state index contributed by atoms with van der Waals surface area (Å²) in [5.74, 6) is 0. The third-order valence-electron chi connectivity index (χ3n) is 3.96. The van der Waals surface area contributed by atoms with E-state index in [0.717, 1.165) is 24.2 Å². The maximum absolute atomic E-state index is 12.5. The first-order chi connectivity index (χ1) is 10.1. The molecule has 3 rings (SSSR count). The Morgan fingerprint density at radius 3 is 3.00 bits per heavy atom. The van der Waals surface area contributed by atoms with Gasteiger partial charge in [0.25, 0.3) is 0 Å². The van der Waals surface area contributed by atoms with Crippen molar-refractivity contribution in [2.75, 3.05) is 11.9 Å². The van der Waals surface area contributed by atoms with Crippen LogP contribution in [-0.2, 0) is 6.42 Å². The molecule has 2 heterocycles. The number of halogens is 1. The Hall–Kier alpha value is -1.52. The number of carbonyl (C=O) groups is 1. The molecule has 1 N–H and O–H groups in total. The van der Waals surface area contributed by atoms with Gasteiger partial charge in [0.2, 0.25) is 0 Å². The van der Waals surface area contributed by atoms with Gasteiger partial charge in [-0.25, -0.2) is 4.79 Å². The van der Waals surface area contributed by atoms with Crippen LogP contribution < -0.4 is 5.32 Å². The highest BCUT2D eigenvalue weighted by molar-refractivity contribution is 7.10. The molecule has 2 aromatic rings. The fourth-order valence-electron chi connectivity index (χ4n) is 2.65. The van der Waals surface area contributed by atoms with Crippen molar-refractivity contribution in [3.05, 3.63) is 50.7 Å². The molecule has 0 aliphatic carbocycles. The molecule has 0 saturated heterocycles. The zero-order valence-electron chi connectivity index (χ0n) is 12.0. The highest BCUT2D eigenvalue weighted by Gasteiger charge is 2.28. The molecule has 1 aliphatic rings. The molecule has 110 valence electrons. The van der Waals surface area contributed by atoms with Crippen LogP contribution in [0.5, 0.6) is 0 Å². The number of aryl methyl sites for hydroxylation is 1. The standard InChI is InChI=1S/C16H17ClN2OS/c1-10-3-4-12(9-14(10)17)18-16(20)19-7-5-15-13(11(19)2)6-8-21-15/h3-4,6,8-9,11H,5,7H2,1-2H3,(H,18,20)/t11-/m1/s1. The first-order valence-electron chi connectivity index (χ1n) is 6.96. The molecule has 0 bridgehead atoms. The molecular weight excluding hydrogens is 304 g/mol. The average Bonchev–Trinajstić information content (AvgIpc) is 2.92. The Bertz CT molecular complexity index is 683. The number of amides is 2. The van der Waals surface area contributed by atoms with E-state index in [1.807, 2.05) is 24.0 Å². The summed E-state index contributed by atoms with van der Waals surface area (Å²) in [6, 6.07) is 7.74. The summed E-state index contributed by atoms with van der Waals surface area (Å²) in [5, 5.41) is 5.70. The monoisotopic (exact) mass is 320 g/mol. The van der Waals surface area contributed by atoms with Gasteiger partial charge in [-0.1, -0.05) is 17.7 Å². The minimum atomic E-state index is -0.0701. The van der Waals surface area contributed by atoms with Gasteiger partial charge in [0.1, 0.15) is 0 Å². The van der Waals surface area contributed by atoms with Gasteiger partial charge < -0.3 is 10.2 Å². The number of urea groups is 1. The number of anilines is 1. The zero-order valence-corrected chi connectivity index (χ0v) is 13.6. The summed E-state index contributed by atoms with van der Waals surface area (Å²) in [7, 11) is 0. The number of nitrogens with one attached hydrogen (secondary N) is 1. The topological polar surface area (TPSA) is 32.3 Å². The molecule has 1 atom stereocenters. The Morgan fingerprint density at radius 1 is 1.43 bits per heavy atom. The van der Waals surface area contributed by atoms with Crippen LogP contribution in [0.25, 0.3) is 0 Å². The number of nitrogens with zero attached hydrogens (tertiary/aromatic N) is 1. The second-order valence-corrected chi connectivity index (χ2v) is 6.72. The Morgan fingerprint density at radius 2 is 2.24 bits per heavy atom. The zero-order chi connectivity index (χ0) is 15.0. The van der Waals surface area contributed by atoms with Gasteiger partial charge in [-0.15, -0.1) is 11.3 Å². The van der Waals surface area contributed by atoms with Gasteiger partial charge in [0.15, 0.2) is 0 Å². The highest BCUT2D eigenvalue weighted by atomic mass is 35.5. The van der Waals surface area contributed by atoms with Gasteiger partial charge in [0, 0.05) is 22.1 Å². The SMILES string of the molecule is Cc1ccc(NC(=O)N2CCc3sccc3[C@H]2C)cc1Cl. The van der Waals surface area contributed by atoms with E-state index in [-0.39, 0.29) is 12.1 Å². The average molecular weight is 321 g/mol. The van der Waals surface area contributed by atoms with Gasteiger partial charge in [0.05, 0.1) is 6.04 Å². The van der Waals surface area contributed by atoms with Crippen LogP contribution in [0.3, 0.4) is 0 Å². The Labute approximate surface area is 133 Å². The molecule has 1 aliphatic heterocycles. The number of hydrogen-bond acceptors (Lipinski definition) is 2. The van der Waals surface area contributed by atoms with Crippen LogP contribution in [0.4, 0.5) is 10.5 Å². The van der Waals surface area contributed by atoms with Crippen molar-refractivity contribution in [2.24, 2.45) is 0 Å². The summed E-state index contributed by atoms with van der Waals surface area (Å²) in [6.07, 6.45) is 0.930. The van der Waals surface area contributed by atoms with E-state index in [9.17, 15) is 4.79 Å². The van der Waals surface area contributed by atoms with Crippen LogP contribution in [0, 0.1) is 6.92 Å². The lowest BCUT2D eigenvalue weighted by Crippen LogP contribution is -2.40. The third kappa shape index (κ3) is 2.78. The predicted octanol–water partition coefficient (Wildman–Crippen LogP) is 4.86. The number of thiophene rings is 1. The van der Waals surface area contributed by atoms with Crippen molar-refractivity contribution in [3.63, 3.8) is 0 Å². The van der Waals surface area contributed by atoms with Crippen LogP contribution in [0.2, 0.25) is 5.02 Å². The maximum atomic E-state index is 12.5. The first-order valence-corrected chi connectivity index (χ1v) is 8.22. The molecule has 0 unspecified atom stereocenters. The van der Waals surface area contributed by atoms with E-state index in [2.05, 4.69) is 23.7 Å². The normalized spacial score (nSPS) is 17.5. The summed E-state index contributed by atoms with van der Waals surface area (Å²) in [5.41, 5.74) is 3.01. The lowest BCUT2D eigenvalue weighted by molar-refractivity contribution is 0.189. The van der Waals surface area contributed by atoms with E-state index in [0.29, 0.717) is 5.02 Å². The Balaban J connectivity index is 1.75. The number of rotatable bonds is 1. The number of fused-ring (bicyclic) bond motifs is 1. The van der Waals surface area contributed by atoms with Crippen molar-refractivity contribution < 1.29 is 4.79 Å². The molecule has 5 heteroatoms. The van der Waals surface area contributed by atoms with E-state index < -0.39 is 0 Å². The molecule has 0 saturated carbocycles. The van der Waals surface area contributed by atoms with E-state index in [1.165, 1.54) is 10.4 Å². The molecule has 1 aromatic carbocycles. The molecule has 1 aromatic heterocycles. The number of carbonyl (C=O) groups excluding carboxylic acids is 1. The Kier molecular flexibility index (Phi) is 3.91. The van der Waals surface area contributed by atoms with Crippen molar-refractivity contribution in [3.8, 4) is 0 Å². The van der Waals surface area contributed by atoms with Crippen LogP contribution in [0.1, 0.15) is 29.0 Å². The third-order valence-corrected chi connectivity index (χ3v) is 5.36. The largest absolute Gasteiger partial charge is 0.322 e. The quantitative estimate of drug-likeness (QED) is 0.799. The van der Waals surface area contributed by atoms with Gasteiger partial charge in [-0.2, -0.15) is 0 Å². The highest BCUT2D eigenvalue weighted by Crippen LogP contribution is 2.33. The number of benzene rings is 1. The van der Waals surface area contributed by atoms with E-state index in [1.54, 1.807) is 17.4 Å². The summed E-state index contributed by atoms with van der Waals surface area (Å²) < 4.78 is 0. The van der Waals surface area contributed by atoms with Crippen LogP contribution >= 0.6 is 22.9 Å². The first kappa shape index (κ1) is 14.4.